The number of imidazole rings is 1. The van der Waals surface area contributed by atoms with Crippen LogP contribution in [-0.2, 0) is 0 Å². The molecule has 5 nitrogen and oxygen atoms in total. The van der Waals surface area contributed by atoms with E-state index in [2.05, 4.69) is 21.9 Å². The first-order chi connectivity index (χ1) is 11.8. The predicted molar refractivity (Wildman–Crippen MR) is 96.7 cm³/mol. The summed E-state index contributed by atoms with van der Waals surface area (Å²) in [5.74, 6) is 1.37. The number of aromatic nitrogens is 3. The van der Waals surface area contributed by atoms with Crippen LogP contribution < -0.4 is 10.5 Å². The van der Waals surface area contributed by atoms with E-state index in [1.165, 1.54) is 6.42 Å². The van der Waals surface area contributed by atoms with Crippen LogP contribution in [0, 0.1) is 0 Å². The Morgan fingerprint density at radius 3 is 2.71 bits per heavy atom. The fraction of sp³-hybridized carbons (Fsp3) is 0.263. The molecular weight excluding hydrogens is 300 g/mol. The Balaban J connectivity index is 1.81. The largest absolute Gasteiger partial charge is 0.477 e. The van der Waals surface area contributed by atoms with Crippen molar-refractivity contribution in [3.63, 3.8) is 0 Å². The standard InChI is InChI=1S/C19H22N4O/c1-2-3-4-12-24-19-16(6-5-11-21-19)18-22-13-17(23-18)14-7-9-15(20)10-8-14/h5-11,13H,2-4,12,20H2,1H3,(H,22,23). The van der Waals surface area contributed by atoms with Gasteiger partial charge >= 0.3 is 0 Å². The third kappa shape index (κ3) is 3.74. The minimum Gasteiger partial charge on any atom is -0.477 e. The lowest BCUT2D eigenvalue weighted by atomic mass is 10.1. The van der Waals surface area contributed by atoms with Gasteiger partial charge in [0.1, 0.15) is 5.82 Å². The number of H-pyrrole nitrogens is 1. The fourth-order valence-corrected chi connectivity index (χ4v) is 2.47. The molecule has 0 aliphatic carbocycles. The molecule has 3 rings (SSSR count). The molecule has 0 unspecified atom stereocenters. The number of benzene rings is 1. The Morgan fingerprint density at radius 1 is 1.08 bits per heavy atom. The second kappa shape index (κ2) is 7.64. The number of nitrogens with two attached hydrogens (primary N) is 1. The van der Waals surface area contributed by atoms with Crippen LogP contribution in [-0.4, -0.2) is 21.6 Å². The van der Waals surface area contributed by atoms with Gasteiger partial charge in [-0.2, -0.15) is 0 Å². The second-order valence-corrected chi connectivity index (χ2v) is 5.68. The lowest BCUT2D eigenvalue weighted by molar-refractivity contribution is 0.296. The van der Waals surface area contributed by atoms with E-state index < -0.39 is 0 Å². The molecule has 5 heteroatoms. The minimum atomic E-state index is 0.617. The highest BCUT2D eigenvalue weighted by molar-refractivity contribution is 5.68. The molecule has 2 heterocycles. The molecule has 0 amide bonds. The number of unbranched alkanes of at least 4 members (excludes halogenated alkanes) is 2. The van der Waals surface area contributed by atoms with Crippen molar-refractivity contribution in [2.45, 2.75) is 26.2 Å². The Hall–Kier alpha value is -2.82. The number of ether oxygens (including phenoxy) is 1. The zero-order valence-corrected chi connectivity index (χ0v) is 13.8. The first-order valence-corrected chi connectivity index (χ1v) is 8.27. The lowest BCUT2D eigenvalue weighted by Gasteiger charge is -2.08. The van der Waals surface area contributed by atoms with Gasteiger partial charge in [0.2, 0.25) is 5.88 Å². The number of hydrogen-bond donors (Lipinski definition) is 2. The van der Waals surface area contributed by atoms with Crippen molar-refractivity contribution in [3.8, 4) is 28.5 Å². The Kier molecular flexibility index (Phi) is 5.11. The normalized spacial score (nSPS) is 10.7. The molecular formula is C19H22N4O. The van der Waals surface area contributed by atoms with Gasteiger partial charge < -0.3 is 15.5 Å². The van der Waals surface area contributed by atoms with Gasteiger partial charge in [-0.1, -0.05) is 31.9 Å². The molecule has 3 N–H and O–H groups in total. The highest BCUT2D eigenvalue weighted by Crippen LogP contribution is 2.28. The Bertz CT molecular complexity index is 780. The van der Waals surface area contributed by atoms with E-state index in [-0.39, 0.29) is 0 Å². The van der Waals surface area contributed by atoms with Crippen LogP contribution in [0.5, 0.6) is 5.88 Å². The van der Waals surface area contributed by atoms with Gasteiger partial charge in [0.15, 0.2) is 0 Å². The zero-order valence-electron chi connectivity index (χ0n) is 13.8. The molecule has 124 valence electrons. The van der Waals surface area contributed by atoms with Gasteiger partial charge in [0, 0.05) is 11.9 Å². The maximum atomic E-state index is 5.84. The van der Waals surface area contributed by atoms with Crippen LogP contribution in [0.4, 0.5) is 5.69 Å². The molecule has 0 fully saturated rings. The maximum Gasteiger partial charge on any atom is 0.224 e. The van der Waals surface area contributed by atoms with Crippen LogP contribution in [0.3, 0.4) is 0 Å². The minimum absolute atomic E-state index is 0.617. The van der Waals surface area contributed by atoms with Gasteiger partial charge in [0.25, 0.3) is 0 Å². The first kappa shape index (κ1) is 16.1. The van der Waals surface area contributed by atoms with E-state index in [1.54, 1.807) is 6.20 Å². The summed E-state index contributed by atoms with van der Waals surface area (Å²) in [4.78, 5) is 12.2. The van der Waals surface area contributed by atoms with Gasteiger partial charge in [-0.15, -0.1) is 0 Å². The second-order valence-electron chi connectivity index (χ2n) is 5.68. The van der Waals surface area contributed by atoms with Crippen molar-refractivity contribution in [2.24, 2.45) is 0 Å². The summed E-state index contributed by atoms with van der Waals surface area (Å²) in [6.45, 7) is 2.84. The Morgan fingerprint density at radius 2 is 1.92 bits per heavy atom. The monoisotopic (exact) mass is 322 g/mol. The van der Waals surface area contributed by atoms with Crippen LogP contribution in [0.25, 0.3) is 22.6 Å². The van der Waals surface area contributed by atoms with Crippen LogP contribution in [0.15, 0.2) is 48.8 Å². The Labute approximate surface area is 141 Å². The van der Waals surface area contributed by atoms with Crippen molar-refractivity contribution in [1.82, 2.24) is 15.0 Å². The lowest BCUT2D eigenvalue weighted by Crippen LogP contribution is -2.00. The molecule has 0 atom stereocenters. The predicted octanol–water partition coefficient (Wildman–Crippen LogP) is 4.29. The van der Waals surface area contributed by atoms with E-state index >= 15 is 0 Å². The van der Waals surface area contributed by atoms with Crippen molar-refractivity contribution < 1.29 is 4.74 Å². The number of rotatable bonds is 7. The topological polar surface area (TPSA) is 76.8 Å². The number of nitrogen functional groups attached to an aromatic ring is 1. The molecule has 3 aromatic rings. The molecule has 0 aliphatic heterocycles. The van der Waals surface area contributed by atoms with Crippen LogP contribution in [0.2, 0.25) is 0 Å². The smallest absolute Gasteiger partial charge is 0.224 e. The van der Waals surface area contributed by atoms with E-state index in [9.17, 15) is 0 Å². The summed E-state index contributed by atoms with van der Waals surface area (Å²) >= 11 is 0. The first-order valence-electron chi connectivity index (χ1n) is 8.27. The summed E-state index contributed by atoms with van der Waals surface area (Å²) in [5.41, 5.74) is 9.33. The molecule has 0 bridgehead atoms. The van der Waals surface area contributed by atoms with Gasteiger partial charge in [-0.05, 0) is 36.2 Å². The van der Waals surface area contributed by atoms with E-state index in [1.807, 2.05) is 42.6 Å². The number of nitrogens with zero attached hydrogens (tertiary/aromatic N) is 2. The molecule has 0 aliphatic rings. The summed E-state index contributed by atoms with van der Waals surface area (Å²) in [7, 11) is 0. The fourth-order valence-electron chi connectivity index (χ4n) is 2.47. The summed E-state index contributed by atoms with van der Waals surface area (Å²) in [6.07, 6.45) is 6.91. The third-order valence-electron chi connectivity index (χ3n) is 3.81. The summed E-state index contributed by atoms with van der Waals surface area (Å²) < 4.78 is 5.84. The molecule has 2 aromatic heterocycles. The van der Waals surface area contributed by atoms with Gasteiger partial charge in [-0.3, -0.25) is 0 Å². The summed E-state index contributed by atoms with van der Waals surface area (Å²) in [6, 6.07) is 11.5. The van der Waals surface area contributed by atoms with Gasteiger partial charge in [-0.25, -0.2) is 9.97 Å². The van der Waals surface area contributed by atoms with Crippen molar-refractivity contribution in [2.75, 3.05) is 12.3 Å². The van der Waals surface area contributed by atoms with Gasteiger partial charge in [0.05, 0.1) is 24.1 Å². The molecule has 0 radical (unpaired) electrons. The average Bonchev–Trinajstić information content (AvgIpc) is 3.10. The van der Waals surface area contributed by atoms with E-state index in [0.29, 0.717) is 12.5 Å². The highest BCUT2D eigenvalue weighted by atomic mass is 16.5. The number of aromatic amines is 1. The number of pyridine rings is 1. The molecule has 24 heavy (non-hydrogen) atoms. The highest BCUT2D eigenvalue weighted by Gasteiger charge is 2.11. The quantitative estimate of drug-likeness (QED) is 0.502. The maximum absolute atomic E-state index is 5.84. The van der Waals surface area contributed by atoms with E-state index in [0.717, 1.165) is 41.2 Å². The van der Waals surface area contributed by atoms with Crippen molar-refractivity contribution in [3.05, 3.63) is 48.8 Å². The number of hydrogen-bond acceptors (Lipinski definition) is 4. The third-order valence-corrected chi connectivity index (χ3v) is 3.81. The molecule has 0 spiro atoms. The molecule has 0 saturated heterocycles. The van der Waals surface area contributed by atoms with E-state index in [4.69, 9.17) is 10.5 Å². The number of anilines is 1. The van der Waals surface area contributed by atoms with Crippen molar-refractivity contribution in [1.29, 1.82) is 0 Å². The zero-order chi connectivity index (χ0) is 16.8. The van der Waals surface area contributed by atoms with Crippen molar-refractivity contribution >= 4 is 5.69 Å². The SMILES string of the molecule is CCCCCOc1ncccc1-c1ncc(-c2ccc(N)cc2)[nH]1. The number of nitrogens with one attached hydrogen (secondary N) is 1. The molecule has 0 saturated carbocycles. The van der Waals surface area contributed by atoms with Crippen LogP contribution >= 0.6 is 0 Å². The van der Waals surface area contributed by atoms with Crippen LogP contribution in [0.1, 0.15) is 26.2 Å². The average molecular weight is 322 g/mol. The molecule has 1 aromatic carbocycles. The summed E-state index contributed by atoms with van der Waals surface area (Å²) in [5, 5.41) is 0.